The van der Waals surface area contributed by atoms with E-state index in [1.807, 2.05) is 0 Å². The highest BCUT2D eigenvalue weighted by Gasteiger charge is 2.35. The average molecular weight is 261 g/mol. The van der Waals surface area contributed by atoms with Crippen LogP contribution < -0.4 is 5.32 Å². The Kier molecular flexibility index (Phi) is 3.94. The van der Waals surface area contributed by atoms with Gasteiger partial charge in [0.2, 0.25) is 0 Å². The van der Waals surface area contributed by atoms with Crippen LogP contribution in [0, 0.1) is 0 Å². The molecule has 1 aromatic rings. The summed E-state index contributed by atoms with van der Waals surface area (Å²) in [4.78, 5) is 0. The molecule has 2 atom stereocenters. The van der Waals surface area contributed by atoms with Crippen molar-refractivity contribution in [1.29, 1.82) is 0 Å². The van der Waals surface area contributed by atoms with Crippen LogP contribution >= 0.6 is 0 Å². The molecule has 1 N–H and O–H groups in total. The number of hydrogen-bond acceptors (Lipinski definition) is 2. The largest absolute Gasteiger partial charge is 0.435 e. The van der Waals surface area contributed by atoms with Gasteiger partial charge in [-0.05, 0) is 38.3 Å². The zero-order valence-corrected chi connectivity index (χ0v) is 10.4. The summed E-state index contributed by atoms with van der Waals surface area (Å²) >= 11 is 0. The molecule has 18 heavy (non-hydrogen) atoms. The Balaban J connectivity index is 2.08. The molecule has 1 fully saturated rings. The van der Waals surface area contributed by atoms with Gasteiger partial charge in [0.15, 0.2) is 5.69 Å². The van der Waals surface area contributed by atoms with Crippen LogP contribution in [0.15, 0.2) is 12.3 Å². The molecule has 0 amide bonds. The molecule has 0 aliphatic heterocycles. The van der Waals surface area contributed by atoms with E-state index in [9.17, 15) is 13.2 Å². The second kappa shape index (κ2) is 5.30. The zero-order chi connectivity index (χ0) is 13.2. The Hall–Kier alpha value is -1.04. The van der Waals surface area contributed by atoms with Crippen LogP contribution in [-0.2, 0) is 6.18 Å². The van der Waals surface area contributed by atoms with Crippen molar-refractivity contribution in [2.24, 2.45) is 0 Å². The van der Waals surface area contributed by atoms with Crippen LogP contribution in [0.1, 0.15) is 44.3 Å². The summed E-state index contributed by atoms with van der Waals surface area (Å²) in [6, 6.07) is 1.34. The van der Waals surface area contributed by atoms with Crippen LogP contribution in [-0.4, -0.2) is 22.4 Å². The molecule has 0 radical (unpaired) electrons. The van der Waals surface area contributed by atoms with E-state index >= 15 is 0 Å². The summed E-state index contributed by atoms with van der Waals surface area (Å²) in [6.45, 7) is 2.97. The molecule has 1 aliphatic rings. The Morgan fingerprint density at radius 3 is 2.83 bits per heavy atom. The first-order chi connectivity index (χ1) is 8.52. The van der Waals surface area contributed by atoms with E-state index in [0.717, 1.165) is 38.3 Å². The molecular formula is C12H18F3N3. The Labute approximate surface area is 104 Å². The predicted octanol–water partition coefficient (Wildman–Crippen LogP) is 3.00. The summed E-state index contributed by atoms with van der Waals surface area (Å²) in [5.41, 5.74) is -0.802. The molecule has 3 nitrogen and oxygen atoms in total. The zero-order valence-electron chi connectivity index (χ0n) is 10.4. The van der Waals surface area contributed by atoms with Crippen LogP contribution in [0.3, 0.4) is 0 Å². The lowest BCUT2D eigenvalue weighted by Gasteiger charge is -2.21. The standard InChI is InChI=1S/C12H18F3N3/c1-2-7-16-9-4-3-5-10(9)18-8-6-11(17-18)12(13,14)15/h6,8-10,16H,2-5,7H2,1H3. The van der Waals surface area contributed by atoms with Gasteiger partial charge in [-0.1, -0.05) is 6.92 Å². The normalized spacial score (nSPS) is 24.7. The van der Waals surface area contributed by atoms with Gasteiger partial charge in [0.25, 0.3) is 0 Å². The molecule has 2 unspecified atom stereocenters. The predicted molar refractivity (Wildman–Crippen MR) is 62.2 cm³/mol. The van der Waals surface area contributed by atoms with E-state index < -0.39 is 11.9 Å². The number of rotatable bonds is 4. The smallest absolute Gasteiger partial charge is 0.312 e. The molecular weight excluding hydrogens is 243 g/mol. The van der Waals surface area contributed by atoms with Gasteiger partial charge in [-0.3, -0.25) is 4.68 Å². The Morgan fingerprint density at radius 2 is 2.22 bits per heavy atom. The summed E-state index contributed by atoms with van der Waals surface area (Å²) in [5.74, 6) is 0. The van der Waals surface area contributed by atoms with Crippen molar-refractivity contribution in [3.63, 3.8) is 0 Å². The Bertz CT molecular complexity index is 386. The molecule has 0 saturated heterocycles. The number of halogens is 3. The Morgan fingerprint density at radius 1 is 1.44 bits per heavy atom. The third kappa shape index (κ3) is 2.85. The molecule has 1 aromatic heterocycles. The van der Waals surface area contributed by atoms with Gasteiger partial charge in [0.05, 0.1) is 6.04 Å². The highest BCUT2D eigenvalue weighted by atomic mass is 19.4. The maximum absolute atomic E-state index is 12.5. The molecule has 102 valence electrons. The minimum absolute atomic E-state index is 0.0487. The molecule has 0 aromatic carbocycles. The van der Waals surface area contributed by atoms with Gasteiger partial charge in [0, 0.05) is 12.2 Å². The summed E-state index contributed by atoms with van der Waals surface area (Å²) in [5, 5.41) is 7.06. The van der Waals surface area contributed by atoms with E-state index in [4.69, 9.17) is 0 Å². The molecule has 6 heteroatoms. The maximum Gasteiger partial charge on any atom is 0.435 e. The van der Waals surface area contributed by atoms with Crippen molar-refractivity contribution in [1.82, 2.24) is 15.1 Å². The van der Waals surface area contributed by atoms with Crippen molar-refractivity contribution in [3.8, 4) is 0 Å². The van der Waals surface area contributed by atoms with Crippen molar-refractivity contribution in [2.75, 3.05) is 6.54 Å². The highest BCUT2D eigenvalue weighted by Crippen LogP contribution is 2.32. The SMILES string of the molecule is CCCNC1CCCC1n1ccc(C(F)(F)F)n1. The van der Waals surface area contributed by atoms with E-state index in [-0.39, 0.29) is 12.1 Å². The lowest BCUT2D eigenvalue weighted by Crippen LogP contribution is -2.34. The van der Waals surface area contributed by atoms with Gasteiger partial charge in [-0.2, -0.15) is 18.3 Å². The second-order valence-electron chi connectivity index (χ2n) is 4.74. The van der Waals surface area contributed by atoms with E-state index in [1.165, 1.54) is 10.9 Å². The van der Waals surface area contributed by atoms with Crippen molar-refractivity contribution >= 4 is 0 Å². The number of nitrogens with zero attached hydrogens (tertiary/aromatic N) is 2. The topological polar surface area (TPSA) is 29.9 Å². The highest BCUT2D eigenvalue weighted by molar-refractivity contribution is 5.05. The van der Waals surface area contributed by atoms with Gasteiger partial charge in [0.1, 0.15) is 0 Å². The third-order valence-electron chi connectivity index (χ3n) is 3.37. The number of hydrogen-bond donors (Lipinski definition) is 1. The monoisotopic (exact) mass is 261 g/mol. The van der Waals surface area contributed by atoms with Crippen LogP contribution in [0.5, 0.6) is 0 Å². The lowest BCUT2D eigenvalue weighted by molar-refractivity contribution is -0.141. The fraction of sp³-hybridized carbons (Fsp3) is 0.750. The van der Waals surface area contributed by atoms with Crippen molar-refractivity contribution in [3.05, 3.63) is 18.0 Å². The lowest BCUT2D eigenvalue weighted by atomic mass is 10.2. The quantitative estimate of drug-likeness (QED) is 0.903. The van der Waals surface area contributed by atoms with Crippen LogP contribution in [0.4, 0.5) is 13.2 Å². The number of aromatic nitrogens is 2. The minimum atomic E-state index is -4.35. The summed E-state index contributed by atoms with van der Waals surface area (Å²) in [7, 11) is 0. The van der Waals surface area contributed by atoms with Gasteiger partial charge in [-0.25, -0.2) is 0 Å². The van der Waals surface area contributed by atoms with Gasteiger partial charge < -0.3 is 5.32 Å². The van der Waals surface area contributed by atoms with Crippen molar-refractivity contribution < 1.29 is 13.2 Å². The molecule has 2 rings (SSSR count). The van der Waals surface area contributed by atoms with E-state index in [2.05, 4.69) is 17.3 Å². The van der Waals surface area contributed by atoms with Crippen molar-refractivity contribution in [2.45, 2.75) is 50.9 Å². The summed E-state index contributed by atoms with van der Waals surface area (Å²) in [6.07, 6.45) is 1.05. The second-order valence-corrected chi connectivity index (χ2v) is 4.74. The number of alkyl halides is 3. The number of nitrogens with one attached hydrogen (secondary N) is 1. The minimum Gasteiger partial charge on any atom is -0.312 e. The molecule has 0 spiro atoms. The average Bonchev–Trinajstić information content (AvgIpc) is 2.93. The summed E-state index contributed by atoms with van der Waals surface area (Å²) < 4.78 is 39.0. The fourth-order valence-electron chi connectivity index (χ4n) is 2.50. The molecule has 0 bridgehead atoms. The maximum atomic E-state index is 12.5. The van der Waals surface area contributed by atoms with Crippen LogP contribution in [0.25, 0.3) is 0 Å². The third-order valence-corrected chi connectivity index (χ3v) is 3.37. The van der Waals surface area contributed by atoms with E-state index in [0.29, 0.717) is 0 Å². The van der Waals surface area contributed by atoms with Crippen LogP contribution in [0.2, 0.25) is 0 Å². The fourth-order valence-corrected chi connectivity index (χ4v) is 2.50. The molecule has 1 heterocycles. The first-order valence-electron chi connectivity index (χ1n) is 6.38. The van der Waals surface area contributed by atoms with Gasteiger partial charge >= 0.3 is 6.18 Å². The first kappa shape index (κ1) is 13.4. The van der Waals surface area contributed by atoms with E-state index in [1.54, 1.807) is 0 Å². The molecule has 1 saturated carbocycles. The molecule has 1 aliphatic carbocycles. The first-order valence-corrected chi connectivity index (χ1v) is 6.38. The van der Waals surface area contributed by atoms with Gasteiger partial charge in [-0.15, -0.1) is 0 Å².